The number of ether oxygens (including phenoxy) is 2. The Kier molecular flexibility index (Phi) is 4.51. The van der Waals surface area contributed by atoms with E-state index in [0.717, 1.165) is 16.0 Å². The SMILES string of the molecule is Cc1ccc(C(O)=C2C(=O)C(=O)N3c4ccc(C)cc4OC(=O)C23OC(C)C)cc1. The lowest BCUT2D eigenvalue weighted by molar-refractivity contribution is -0.164. The molecular weight excluding hydrogens is 386 g/mol. The summed E-state index contributed by atoms with van der Waals surface area (Å²) >= 11 is 0. The summed E-state index contributed by atoms with van der Waals surface area (Å²) in [4.78, 5) is 40.4. The van der Waals surface area contributed by atoms with Gasteiger partial charge in [-0.25, -0.2) is 4.79 Å². The predicted octanol–water partition coefficient (Wildman–Crippen LogP) is 3.23. The first-order valence-electron chi connectivity index (χ1n) is 9.57. The van der Waals surface area contributed by atoms with Crippen LogP contribution >= 0.6 is 0 Å². The van der Waals surface area contributed by atoms with Crippen molar-refractivity contribution in [2.45, 2.75) is 39.5 Å². The highest BCUT2D eigenvalue weighted by molar-refractivity contribution is 6.54. The number of esters is 1. The van der Waals surface area contributed by atoms with E-state index in [-0.39, 0.29) is 17.0 Å². The minimum absolute atomic E-state index is 0.153. The van der Waals surface area contributed by atoms with Gasteiger partial charge in [0.15, 0.2) is 5.75 Å². The van der Waals surface area contributed by atoms with Gasteiger partial charge >= 0.3 is 11.9 Å². The highest BCUT2D eigenvalue weighted by Crippen LogP contribution is 2.49. The zero-order valence-corrected chi connectivity index (χ0v) is 17.1. The third-order valence-electron chi connectivity index (χ3n) is 5.08. The van der Waals surface area contributed by atoms with Gasteiger partial charge in [0.05, 0.1) is 11.8 Å². The number of hydrogen-bond acceptors (Lipinski definition) is 6. The highest BCUT2D eigenvalue weighted by Gasteiger charge is 2.67. The number of ketones is 1. The minimum atomic E-state index is -2.21. The molecule has 1 atom stereocenters. The first kappa shape index (κ1) is 19.8. The molecule has 2 aromatic rings. The van der Waals surface area contributed by atoms with E-state index in [9.17, 15) is 19.5 Å². The van der Waals surface area contributed by atoms with E-state index < -0.39 is 40.8 Å². The summed E-state index contributed by atoms with van der Waals surface area (Å²) in [6.07, 6.45) is -0.563. The Balaban J connectivity index is 2.03. The predicted molar refractivity (Wildman–Crippen MR) is 109 cm³/mol. The minimum Gasteiger partial charge on any atom is -0.507 e. The van der Waals surface area contributed by atoms with Crippen LogP contribution in [0.2, 0.25) is 0 Å². The number of anilines is 1. The van der Waals surface area contributed by atoms with E-state index in [4.69, 9.17) is 9.47 Å². The largest absolute Gasteiger partial charge is 0.507 e. The van der Waals surface area contributed by atoms with Crippen LogP contribution in [0.3, 0.4) is 0 Å². The van der Waals surface area contributed by atoms with E-state index in [1.54, 1.807) is 56.3 Å². The maximum absolute atomic E-state index is 13.3. The molecule has 1 saturated heterocycles. The fourth-order valence-electron chi connectivity index (χ4n) is 3.77. The molecule has 0 bridgehead atoms. The van der Waals surface area contributed by atoms with Crippen molar-refractivity contribution in [3.05, 3.63) is 64.7 Å². The Morgan fingerprint density at radius 1 is 1.03 bits per heavy atom. The van der Waals surface area contributed by atoms with Gasteiger partial charge in [-0.15, -0.1) is 0 Å². The standard InChI is InChI=1S/C23H21NO6/c1-12(2)30-23-18(19(25)15-8-5-13(3)6-9-15)20(26)21(27)24(23)16-10-7-14(4)11-17(16)29-22(23)28/h5-12,25H,1-4H3. The summed E-state index contributed by atoms with van der Waals surface area (Å²) in [6.45, 7) is 7.02. The zero-order valence-electron chi connectivity index (χ0n) is 17.1. The van der Waals surface area contributed by atoms with Crippen molar-refractivity contribution in [1.29, 1.82) is 0 Å². The molecule has 0 aliphatic carbocycles. The molecule has 2 aliphatic rings. The molecule has 2 aromatic carbocycles. The van der Waals surface area contributed by atoms with Gasteiger partial charge in [-0.1, -0.05) is 35.9 Å². The fraction of sp³-hybridized carbons (Fsp3) is 0.261. The van der Waals surface area contributed by atoms with Gasteiger partial charge < -0.3 is 14.6 Å². The van der Waals surface area contributed by atoms with E-state index in [1.165, 1.54) is 0 Å². The van der Waals surface area contributed by atoms with Gasteiger partial charge in [-0.3, -0.25) is 14.5 Å². The Labute approximate surface area is 173 Å². The van der Waals surface area contributed by atoms with E-state index in [2.05, 4.69) is 0 Å². The molecule has 1 fully saturated rings. The molecule has 1 N–H and O–H groups in total. The number of aliphatic hydroxyl groups excluding tert-OH is 1. The molecule has 7 heteroatoms. The topological polar surface area (TPSA) is 93.1 Å². The van der Waals surface area contributed by atoms with Gasteiger partial charge in [-0.2, -0.15) is 0 Å². The second kappa shape index (κ2) is 6.81. The number of hydrogen-bond donors (Lipinski definition) is 1. The maximum atomic E-state index is 13.3. The van der Waals surface area contributed by atoms with Crippen molar-refractivity contribution in [3.8, 4) is 5.75 Å². The summed E-state index contributed by atoms with van der Waals surface area (Å²) in [6, 6.07) is 11.6. The van der Waals surface area contributed by atoms with Crippen molar-refractivity contribution in [3.63, 3.8) is 0 Å². The number of benzene rings is 2. The Hall–Kier alpha value is -3.45. The molecule has 2 aliphatic heterocycles. The lowest BCUT2D eigenvalue weighted by Crippen LogP contribution is -2.60. The summed E-state index contributed by atoms with van der Waals surface area (Å²) in [5, 5.41) is 11.0. The van der Waals surface area contributed by atoms with Crippen molar-refractivity contribution >= 4 is 29.1 Å². The summed E-state index contributed by atoms with van der Waals surface area (Å²) in [5.74, 6) is -3.28. The Morgan fingerprint density at radius 3 is 2.30 bits per heavy atom. The smallest absolute Gasteiger partial charge is 0.371 e. The number of amides is 1. The quantitative estimate of drug-likeness (QED) is 0.276. The zero-order chi connectivity index (χ0) is 21.8. The first-order chi connectivity index (χ1) is 14.2. The van der Waals surface area contributed by atoms with E-state index >= 15 is 0 Å². The molecule has 0 radical (unpaired) electrons. The second-order valence-corrected chi connectivity index (χ2v) is 7.73. The van der Waals surface area contributed by atoms with Gasteiger partial charge in [0.1, 0.15) is 11.3 Å². The fourth-order valence-corrected chi connectivity index (χ4v) is 3.77. The number of carbonyl (C=O) groups excluding carboxylic acids is 3. The lowest BCUT2D eigenvalue weighted by Gasteiger charge is -2.40. The molecule has 0 spiro atoms. The molecule has 0 aromatic heterocycles. The van der Waals surface area contributed by atoms with Crippen LogP contribution in [0.4, 0.5) is 5.69 Å². The third kappa shape index (κ3) is 2.74. The number of fused-ring (bicyclic) bond motifs is 3. The number of carbonyl (C=O) groups is 3. The van der Waals surface area contributed by atoms with Crippen LogP contribution in [0, 0.1) is 13.8 Å². The van der Waals surface area contributed by atoms with Crippen LogP contribution in [0.5, 0.6) is 5.75 Å². The normalized spacial score (nSPS) is 22.2. The van der Waals surface area contributed by atoms with Crippen LogP contribution in [0.25, 0.3) is 5.76 Å². The van der Waals surface area contributed by atoms with Crippen LogP contribution in [-0.2, 0) is 19.1 Å². The van der Waals surface area contributed by atoms with E-state index in [0.29, 0.717) is 0 Å². The summed E-state index contributed by atoms with van der Waals surface area (Å²) < 4.78 is 11.4. The van der Waals surface area contributed by atoms with Gasteiger partial charge in [0.25, 0.3) is 11.5 Å². The number of aliphatic hydroxyl groups is 1. The van der Waals surface area contributed by atoms with Crippen molar-refractivity contribution < 1.29 is 29.0 Å². The molecule has 1 amide bonds. The van der Waals surface area contributed by atoms with Crippen LogP contribution < -0.4 is 9.64 Å². The molecule has 7 nitrogen and oxygen atoms in total. The van der Waals surface area contributed by atoms with Crippen LogP contribution in [0.15, 0.2) is 48.0 Å². The Bertz CT molecular complexity index is 1120. The summed E-state index contributed by atoms with van der Waals surface area (Å²) in [7, 11) is 0. The molecule has 0 saturated carbocycles. The highest BCUT2D eigenvalue weighted by atomic mass is 16.6. The number of rotatable bonds is 3. The second-order valence-electron chi connectivity index (χ2n) is 7.73. The molecule has 2 heterocycles. The van der Waals surface area contributed by atoms with E-state index in [1.807, 2.05) is 13.8 Å². The summed E-state index contributed by atoms with van der Waals surface area (Å²) in [5.41, 5.74) is -0.379. The van der Waals surface area contributed by atoms with Gasteiger partial charge in [-0.05, 0) is 45.4 Å². The average molecular weight is 407 g/mol. The number of nitrogens with zero attached hydrogens (tertiary/aromatic N) is 1. The lowest BCUT2D eigenvalue weighted by atomic mass is 9.95. The molecule has 154 valence electrons. The van der Waals surface area contributed by atoms with Crippen LogP contribution in [-0.4, -0.2) is 34.6 Å². The van der Waals surface area contributed by atoms with Crippen molar-refractivity contribution in [1.82, 2.24) is 0 Å². The van der Waals surface area contributed by atoms with Crippen molar-refractivity contribution in [2.24, 2.45) is 0 Å². The van der Waals surface area contributed by atoms with Crippen LogP contribution in [0.1, 0.15) is 30.5 Å². The number of aryl methyl sites for hydroxylation is 2. The first-order valence-corrected chi connectivity index (χ1v) is 9.57. The third-order valence-corrected chi connectivity index (χ3v) is 5.08. The Morgan fingerprint density at radius 2 is 1.67 bits per heavy atom. The monoisotopic (exact) mass is 407 g/mol. The number of Topliss-reactive ketones (excluding diaryl/α,β-unsaturated/α-hetero) is 1. The molecule has 30 heavy (non-hydrogen) atoms. The van der Waals surface area contributed by atoms with Gasteiger partial charge in [0.2, 0.25) is 0 Å². The molecule has 4 rings (SSSR count). The van der Waals surface area contributed by atoms with Crippen molar-refractivity contribution in [2.75, 3.05) is 4.90 Å². The van der Waals surface area contributed by atoms with Gasteiger partial charge in [0, 0.05) is 5.56 Å². The maximum Gasteiger partial charge on any atom is 0.371 e. The molecular formula is C23H21NO6. The molecule has 1 unspecified atom stereocenters. The average Bonchev–Trinajstić information content (AvgIpc) is 2.90.